The van der Waals surface area contributed by atoms with E-state index in [0.717, 1.165) is 24.5 Å². The second kappa shape index (κ2) is 6.53. The van der Waals surface area contributed by atoms with E-state index in [0.29, 0.717) is 0 Å². The lowest BCUT2D eigenvalue weighted by atomic mass is 10.1. The third-order valence-corrected chi connectivity index (χ3v) is 3.26. The van der Waals surface area contributed by atoms with Gasteiger partial charge >= 0.3 is 11.9 Å². The predicted molar refractivity (Wildman–Crippen MR) is 69.7 cm³/mol. The van der Waals surface area contributed by atoms with Gasteiger partial charge in [-0.05, 0) is 25.1 Å². The predicted octanol–water partition coefficient (Wildman–Crippen LogP) is 1.39. The zero-order valence-electron chi connectivity index (χ0n) is 10.2. The van der Waals surface area contributed by atoms with Crippen molar-refractivity contribution >= 4 is 34.2 Å². The van der Waals surface area contributed by atoms with Crippen LogP contribution in [0.3, 0.4) is 0 Å². The van der Waals surface area contributed by atoms with E-state index >= 15 is 0 Å². The van der Waals surface area contributed by atoms with Crippen LogP contribution in [0, 0.1) is 0 Å². The molecule has 0 heterocycles. The fourth-order valence-corrected chi connectivity index (χ4v) is 1.97. The number of benzene rings is 1. The normalized spacial score (nSPS) is 10.4. The van der Waals surface area contributed by atoms with Crippen LogP contribution in [0.2, 0.25) is 0 Å². The van der Waals surface area contributed by atoms with Crippen LogP contribution >= 0.6 is 12.4 Å². The average Bonchev–Trinajstić information content (AvgIpc) is 2.27. The summed E-state index contributed by atoms with van der Waals surface area (Å²) in [5, 5.41) is 8.92. The maximum Gasteiger partial charge on any atom is 0.339 e. The van der Waals surface area contributed by atoms with Gasteiger partial charge in [0, 0.05) is 6.26 Å². The molecule has 6 nitrogen and oxygen atoms in total. The topological polar surface area (TPSA) is 97.7 Å². The maximum atomic E-state index is 11.6. The summed E-state index contributed by atoms with van der Waals surface area (Å²) in [4.78, 5) is 22.4. The van der Waals surface area contributed by atoms with Gasteiger partial charge in [-0.2, -0.15) is 0 Å². The zero-order chi connectivity index (χ0) is 13.9. The molecule has 0 unspecified atom stereocenters. The van der Waals surface area contributed by atoms with Crippen molar-refractivity contribution < 1.29 is 27.9 Å². The second-order valence-electron chi connectivity index (χ2n) is 3.51. The molecule has 0 amide bonds. The molecular formula is C11H13ClO6S. The number of hydrogen-bond acceptors (Lipinski definition) is 5. The minimum atomic E-state index is -3.52. The molecule has 0 saturated heterocycles. The van der Waals surface area contributed by atoms with Crippen LogP contribution in [0.5, 0.6) is 0 Å². The van der Waals surface area contributed by atoms with Crippen molar-refractivity contribution in [1.82, 2.24) is 0 Å². The number of carbonyl (C=O) groups is 2. The molecule has 0 radical (unpaired) electrons. The number of sulfone groups is 1. The first-order valence-electron chi connectivity index (χ1n) is 5.02. The number of rotatable bonds is 4. The van der Waals surface area contributed by atoms with E-state index in [1.807, 2.05) is 0 Å². The summed E-state index contributed by atoms with van der Waals surface area (Å²) in [6, 6.07) is 3.23. The fraction of sp³-hybridized carbons (Fsp3) is 0.273. The highest BCUT2D eigenvalue weighted by atomic mass is 35.5. The highest BCUT2D eigenvalue weighted by Crippen LogP contribution is 2.17. The minimum absolute atomic E-state index is 0. The minimum Gasteiger partial charge on any atom is -0.478 e. The summed E-state index contributed by atoms with van der Waals surface area (Å²) in [5.74, 6) is -2.18. The van der Waals surface area contributed by atoms with E-state index in [1.165, 1.54) is 0 Å². The fourth-order valence-electron chi connectivity index (χ4n) is 1.32. The Bertz CT molecular complexity index is 593. The molecule has 0 fully saturated rings. The first kappa shape index (κ1) is 17.4. The van der Waals surface area contributed by atoms with Crippen LogP contribution < -0.4 is 0 Å². The molecular weight excluding hydrogens is 296 g/mol. The van der Waals surface area contributed by atoms with Gasteiger partial charge in [0.25, 0.3) is 0 Å². The lowest BCUT2D eigenvalue weighted by Crippen LogP contribution is -2.13. The van der Waals surface area contributed by atoms with E-state index in [-0.39, 0.29) is 35.0 Å². The van der Waals surface area contributed by atoms with E-state index in [2.05, 4.69) is 4.74 Å². The molecule has 0 aliphatic carbocycles. The Morgan fingerprint density at radius 2 is 1.84 bits per heavy atom. The number of aromatic carboxylic acids is 1. The molecule has 106 valence electrons. The van der Waals surface area contributed by atoms with Crippen molar-refractivity contribution in [3.63, 3.8) is 0 Å². The third-order valence-electron chi connectivity index (χ3n) is 2.14. The number of hydrogen-bond donors (Lipinski definition) is 1. The van der Waals surface area contributed by atoms with Crippen LogP contribution in [0.4, 0.5) is 0 Å². The molecule has 1 aromatic carbocycles. The van der Waals surface area contributed by atoms with Gasteiger partial charge in [-0.1, -0.05) is 0 Å². The molecule has 19 heavy (non-hydrogen) atoms. The molecule has 8 heteroatoms. The summed E-state index contributed by atoms with van der Waals surface area (Å²) in [5.41, 5.74) is -0.562. The Labute approximate surface area is 116 Å². The van der Waals surface area contributed by atoms with Gasteiger partial charge in [-0.3, -0.25) is 0 Å². The van der Waals surface area contributed by atoms with Crippen molar-refractivity contribution in [2.45, 2.75) is 11.8 Å². The smallest absolute Gasteiger partial charge is 0.339 e. The third kappa shape index (κ3) is 4.22. The van der Waals surface area contributed by atoms with E-state index in [9.17, 15) is 18.0 Å². The SMILES string of the molecule is CCOC(=O)c1cc(S(C)(=O)=O)ccc1C(=O)O.Cl. The van der Waals surface area contributed by atoms with Crippen molar-refractivity contribution in [3.05, 3.63) is 29.3 Å². The molecule has 1 rings (SSSR count). The van der Waals surface area contributed by atoms with Crippen LogP contribution in [0.1, 0.15) is 27.6 Å². The first-order valence-corrected chi connectivity index (χ1v) is 6.91. The lowest BCUT2D eigenvalue weighted by Gasteiger charge is -2.07. The Morgan fingerprint density at radius 1 is 1.26 bits per heavy atom. The van der Waals surface area contributed by atoms with Gasteiger partial charge in [0.1, 0.15) is 0 Å². The van der Waals surface area contributed by atoms with Crippen LogP contribution in [-0.2, 0) is 14.6 Å². The first-order chi connectivity index (χ1) is 8.27. The van der Waals surface area contributed by atoms with Gasteiger partial charge in [0.15, 0.2) is 9.84 Å². The number of esters is 1. The van der Waals surface area contributed by atoms with Crippen molar-refractivity contribution in [2.24, 2.45) is 0 Å². The van der Waals surface area contributed by atoms with Crippen molar-refractivity contribution in [1.29, 1.82) is 0 Å². The second-order valence-corrected chi connectivity index (χ2v) is 5.52. The monoisotopic (exact) mass is 308 g/mol. The van der Waals surface area contributed by atoms with E-state index < -0.39 is 21.8 Å². The maximum absolute atomic E-state index is 11.6. The average molecular weight is 309 g/mol. The molecule has 0 atom stereocenters. The van der Waals surface area contributed by atoms with Crippen molar-refractivity contribution in [2.75, 3.05) is 12.9 Å². The zero-order valence-corrected chi connectivity index (χ0v) is 11.9. The molecule has 0 aliphatic rings. The quantitative estimate of drug-likeness (QED) is 0.844. The standard InChI is InChI=1S/C11H12O6S.ClH/c1-3-17-11(14)9-6-7(18(2,15)16)4-5-8(9)10(12)13;/h4-6H,3H2,1-2H3,(H,12,13);1H. The Hall–Kier alpha value is -1.60. The van der Waals surface area contributed by atoms with Gasteiger partial charge in [-0.15, -0.1) is 12.4 Å². The Balaban J connectivity index is 0.00000324. The molecule has 0 bridgehead atoms. The number of carboxylic acids is 1. The lowest BCUT2D eigenvalue weighted by molar-refractivity contribution is 0.0514. The molecule has 0 saturated carbocycles. The molecule has 1 N–H and O–H groups in total. The number of carbonyl (C=O) groups excluding carboxylic acids is 1. The summed E-state index contributed by atoms with van der Waals surface area (Å²) in [7, 11) is -3.52. The summed E-state index contributed by atoms with van der Waals surface area (Å²) < 4.78 is 27.4. The van der Waals surface area contributed by atoms with E-state index in [1.54, 1.807) is 6.92 Å². The van der Waals surface area contributed by atoms with Crippen molar-refractivity contribution in [3.8, 4) is 0 Å². The molecule has 0 aliphatic heterocycles. The van der Waals surface area contributed by atoms with Crippen LogP contribution in [0.25, 0.3) is 0 Å². The van der Waals surface area contributed by atoms with E-state index in [4.69, 9.17) is 5.11 Å². The van der Waals surface area contributed by atoms with Crippen LogP contribution in [-0.4, -0.2) is 38.3 Å². The highest BCUT2D eigenvalue weighted by Gasteiger charge is 2.20. The summed E-state index contributed by atoms with van der Waals surface area (Å²) in [6.45, 7) is 1.64. The Kier molecular flexibility index (Phi) is 5.98. The van der Waals surface area contributed by atoms with Gasteiger partial charge in [0.2, 0.25) is 0 Å². The number of halogens is 1. The highest BCUT2D eigenvalue weighted by molar-refractivity contribution is 7.90. The molecule has 0 aromatic heterocycles. The van der Waals surface area contributed by atoms with Crippen LogP contribution in [0.15, 0.2) is 23.1 Å². The summed E-state index contributed by atoms with van der Waals surface area (Å²) >= 11 is 0. The Morgan fingerprint density at radius 3 is 2.26 bits per heavy atom. The van der Waals surface area contributed by atoms with Gasteiger partial charge in [-0.25, -0.2) is 18.0 Å². The number of ether oxygens (including phenoxy) is 1. The number of carboxylic acid groups (broad SMARTS) is 1. The summed E-state index contributed by atoms with van der Waals surface area (Å²) in [6.07, 6.45) is 0.970. The molecule has 0 spiro atoms. The van der Waals surface area contributed by atoms with Gasteiger partial charge in [0.05, 0.1) is 22.6 Å². The van der Waals surface area contributed by atoms with Gasteiger partial charge < -0.3 is 9.84 Å². The largest absolute Gasteiger partial charge is 0.478 e. The molecule has 1 aromatic rings.